The van der Waals surface area contributed by atoms with Crippen LogP contribution in [0.15, 0.2) is 0 Å². The number of methoxy groups -OCH3 is 1. The van der Waals surface area contributed by atoms with Crippen LogP contribution in [0.25, 0.3) is 0 Å². The van der Waals surface area contributed by atoms with E-state index in [0.717, 1.165) is 19.6 Å². The third kappa shape index (κ3) is 5.46. The SMILES string of the molecule is COC(=O)C(NC(=O)OCCN1CCCC1)C(C)C. The number of hydrogen-bond acceptors (Lipinski definition) is 5. The number of esters is 1. The molecule has 0 aromatic rings. The minimum absolute atomic E-state index is 0.0430. The minimum atomic E-state index is -0.663. The number of alkyl carbamates (subject to hydrolysis) is 1. The van der Waals surface area contributed by atoms with E-state index in [0.29, 0.717) is 6.61 Å². The predicted octanol–water partition coefficient (Wildman–Crippen LogP) is 1.01. The molecule has 0 aliphatic carbocycles. The van der Waals surface area contributed by atoms with Gasteiger partial charge in [-0.05, 0) is 31.8 Å². The molecule has 0 spiro atoms. The van der Waals surface area contributed by atoms with Crippen molar-refractivity contribution in [1.29, 1.82) is 0 Å². The van der Waals surface area contributed by atoms with Gasteiger partial charge in [0.2, 0.25) is 0 Å². The second kappa shape index (κ2) is 7.99. The highest BCUT2D eigenvalue weighted by molar-refractivity contribution is 5.81. The van der Waals surface area contributed by atoms with Crippen LogP contribution in [0, 0.1) is 5.92 Å². The topological polar surface area (TPSA) is 67.9 Å². The first kappa shape index (κ1) is 15.8. The van der Waals surface area contributed by atoms with Gasteiger partial charge in [-0.25, -0.2) is 9.59 Å². The number of likely N-dealkylation sites (tertiary alicyclic amines) is 1. The van der Waals surface area contributed by atoms with Crippen molar-refractivity contribution in [2.75, 3.05) is 33.4 Å². The molecule has 0 aromatic heterocycles. The van der Waals surface area contributed by atoms with Crippen molar-refractivity contribution in [3.8, 4) is 0 Å². The summed E-state index contributed by atoms with van der Waals surface area (Å²) in [6.07, 6.45) is 1.86. The second-order valence-corrected chi connectivity index (χ2v) is 5.07. The fraction of sp³-hybridized carbons (Fsp3) is 0.846. The summed E-state index contributed by atoms with van der Waals surface area (Å²) in [6, 6.07) is -0.663. The highest BCUT2D eigenvalue weighted by Gasteiger charge is 2.25. The van der Waals surface area contributed by atoms with Gasteiger partial charge in [-0.1, -0.05) is 13.8 Å². The summed E-state index contributed by atoms with van der Waals surface area (Å²) in [4.78, 5) is 25.3. The fourth-order valence-corrected chi connectivity index (χ4v) is 2.07. The molecule has 1 rings (SSSR count). The third-order valence-corrected chi connectivity index (χ3v) is 3.23. The number of rotatable bonds is 6. The number of amides is 1. The standard InChI is InChI=1S/C13H24N2O4/c1-10(2)11(12(16)18-3)14-13(17)19-9-8-15-6-4-5-7-15/h10-11H,4-9H2,1-3H3,(H,14,17). The molecular formula is C13H24N2O4. The maximum absolute atomic E-state index is 11.6. The molecule has 1 fully saturated rings. The molecule has 1 amide bonds. The first-order chi connectivity index (χ1) is 9.04. The molecule has 0 aromatic carbocycles. The lowest BCUT2D eigenvalue weighted by Crippen LogP contribution is -2.45. The Morgan fingerprint density at radius 2 is 1.89 bits per heavy atom. The average Bonchev–Trinajstić information content (AvgIpc) is 2.87. The van der Waals surface area contributed by atoms with E-state index in [4.69, 9.17) is 4.74 Å². The van der Waals surface area contributed by atoms with Crippen LogP contribution in [-0.2, 0) is 14.3 Å². The first-order valence-electron chi connectivity index (χ1n) is 6.78. The summed E-state index contributed by atoms with van der Waals surface area (Å²) < 4.78 is 9.72. The van der Waals surface area contributed by atoms with Crippen molar-refractivity contribution in [2.24, 2.45) is 5.92 Å². The van der Waals surface area contributed by atoms with Gasteiger partial charge < -0.3 is 14.8 Å². The molecule has 1 saturated heterocycles. The van der Waals surface area contributed by atoms with Crippen LogP contribution in [0.2, 0.25) is 0 Å². The molecule has 1 N–H and O–H groups in total. The maximum atomic E-state index is 11.6. The summed E-state index contributed by atoms with van der Waals surface area (Å²) in [6.45, 7) is 6.91. The number of carbonyl (C=O) groups excluding carboxylic acids is 2. The Labute approximate surface area is 114 Å². The number of nitrogens with zero attached hydrogens (tertiary/aromatic N) is 1. The number of carbonyl (C=O) groups is 2. The molecule has 1 aliphatic rings. The maximum Gasteiger partial charge on any atom is 0.407 e. The molecule has 6 heteroatoms. The van der Waals surface area contributed by atoms with E-state index in [9.17, 15) is 9.59 Å². The van der Waals surface area contributed by atoms with Crippen LogP contribution in [0.5, 0.6) is 0 Å². The molecule has 19 heavy (non-hydrogen) atoms. The summed E-state index contributed by atoms with van der Waals surface area (Å²) >= 11 is 0. The van der Waals surface area contributed by atoms with E-state index >= 15 is 0 Å². The van der Waals surface area contributed by atoms with Crippen molar-refractivity contribution in [3.05, 3.63) is 0 Å². The fourth-order valence-electron chi connectivity index (χ4n) is 2.07. The van der Waals surface area contributed by atoms with E-state index < -0.39 is 18.1 Å². The summed E-state index contributed by atoms with van der Waals surface area (Å²) in [7, 11) is 1.30. The molecule has 1 atom stereocenters. The lowest BCUT2D eigenvalue weighted by atomic mass is 10.1. The van der Waals surface area contributed by atoms with Crippen LogP contribution in [0.1, 0.15) is 26.7 Å². The van der Waals surface area contributed by atoms with Crippen molar-refractivity contribution < 1.29 is 19.1 Å². The van der Waals surface area contributed by atoms with Gasteiger partial charge in [-0.3, -0.25) is 4.90 Å². The highest BCUT2D eigenvalue weighted by Crippen LogP contribution is 2.06. The molecule has 0 saturated carbocycles. The third-order valence-electron chi connectivity index (χ3n) is 3.23. The minimum Gasteiger partial charge on any atom is -0.467 e. The average molecular weight is 272 g/mol. The van der Waals surface area contributed by atoms with Gasteiger partial charge in [0.05, 0.1) is 7.11 Å². The molecule has 1 heterocycles. The zero-order valence-electron chi connectivity index (χ0n) is 12.0. The lowest BCUT2D eigenvalue weighted by molar-refractivity contribution is -0.144. The van der Waals surface area contributed by atoms with Crippen molar-refractivity contribution >= 4 is 12.1 Å². The number of ether oxygens (including phenoxy) is 2. The number of nitrogens with one attached hydrogen (secondary N) is 1. The van der Waals surface area contributed by atoms with Crippen molar-refractivity contribution in [3.63, 3.8) is 0 Å². The molecule has 1 aliphatic heterocycles. The van der Waals surface area contributed by atoms with Crippen LogP contribution in [0.4, 0.5) is 4.79 Å². The van der Waals surface area contributed by atoms with Crippen molar-refractivity contribution in [1.82, 2.24) is 10.2 Å². The van der Waals surface area contributed by atoms with Crippen LogP contribution in [-0.4, -0.2) is 56.4 Å². The largest absolute Gasteiger partial charge is 0.467 e. The van der Waals surface area contributed by atoms with Crippen molar-refractivity contribution in [2.45, 2.75) is 32.7 Å². The monoisotopic (exact) mass is 272 g/mol. The zero-order chi connectivity index (χ0) is 14.3. The van der Waals surface area contributed by atoms with E-state index in [1.165, 1.54) is 20.0 Å². The van der Waals surface area contributed by atoms with E-state index in [2.05, 4.69) is 15.0 Å². The van der Waals surface area contributed by atoms with Gasteiger partial charge in [0.15, 0.2) is 0 Å². The van der Waals surface area contributed by atoms with Gasteiger partial charge in [0, 0.05) is 6.54 Å². The Morgan fingerprint density at radius 3 is 2.42 bits per heavy atom. The van der Waals surface area contributed by atoms with Crippen LogP contribution in [0.3, 0.4) is 0 Å². The summed E-state index contributed by atoms with van der Waals surface area (Å²) in [5.41, 5.74) is 0. The van der Waals surface area contributed by atoms with Gasteiger partial charge in [-0.15, -0.1) is 0 Å². The van der Waals surface area contributed by atoms with E-state index in [1.807, 2.05) is 13.8 Å². The van der Waals surface area contributed by atoms with Gasteiger partial charge in [-0.2, -0.15) is 0 Å². The second-order valence-electron chi connectivity index (χ2n) is 5.07. The van der Waals surface area contributed by atoms with E-state index in [-0.39, 0.29) is 5.92 Å². The van der Waals surface area contributed by atoms with Crippen LogP contribution < -0.4 is 5.32 Å². The lowest BCUT2D eigenvalue weighted by Gasteiger charge is -2.20. The van der Waals surface area contributed by atoms with Crippen LogP contribution >= 0.6 is 0 Å². The molecule has 110 valence electrons. The molecule has 0 bridgehead atoms. The quantitative estimate of drug-likeness (QED) is 0.731. The normalized spacial score (nSPS) is 17.3. The molecule has 0 radical (unpaired) electrons. The molecule has 6 nitrogen and oxygen atoms in total. The Hall–Kier alpha value is -1.30. The van der Waals surface area contributed by atoms with E-state index in [1.54, 1.807) is 0 Å². The highest BCUT2D eigenvalue weighted by atomic mass is 16.6. The number of hydrogen-bond donors (Lipinski definition) is 1. The zero-order valence-corrected chi connectivity index (χ0v) is 12.0. The smallest absolute Gasteiger partial charge is 0.407 e. The first-order valence-corrected chi connectivity index (χ1v) is 6.78. The Bertz CT molecular complexity index is 301. The summed E-state index contributed by atoms with van der Waals surface area (Å²) in [5.74, 6) is -0.495. The molecule has 1 unspecified atom stereocenters. The Morgan fingerprint density at radius 1 is 1.26 bits per heavy atom. The van der Waals surface area contributed by atoms with Gasteiger partial charge >= 0.3 is 12.1 Å². The summed E-state index contributed by atoms with van der Waals surface area (Å²) in [5, 5.41) is 2.54. The Balaban J connectivity index is 2.25. The predicted molar refractivity (Wildman–Crippen MR) is 70.8 cm³/mol. The molecular weight excluding hydrogens is 248 g/mol. The Kier molecular flexibility index (Phi) is 6.62. The van der Waals surface area contributed by atoms with Gasteiger partial charge in [0.25, 0.3) is 0 Å². The van der Waals surface area contributed by atoms with Gasteiger partial charge in [0.1, 0.15) is 12.6 Å².